The number of hydrogen-bond acceptors (Lipinski definition) is 4. The Morgan fingerprint density at radius 3 is 2.77 bits per heavy atom. The van der Waals surface area contributed by atoms with E-state index >= 15 is 0 Å². The molecule has 22 heavy (non-hydrogen) atoms. The Bertz CT molecular complexity index is 684. The first-order chi connectivity index (χ1) is 10.5. The minimum atomic E-state index is -0.934. The number of amides is 2. The van der Waals surface area contributed by atoms with Crippen LogP contribution in [0.1, 0.15) is 11.3 Å². The summed E-state index contributed by atoms with van der Waals surface area (Å²) in [5.41, 5.74) is 1.32. The van der Waals surface area contributed by atoms with Crippen molar-refractivity contribution in [2.45, 2.75) is 13.3 Å². The van der Waals surface area contributed by atoms with Gasteiger partial charge in [0.15, 0.2) is 0 Å². The van der Waals surface area contributed by atoms with E-state index in [2.05, 4.69) is 10.3 Å². The number of pyridine rings is 1. The van der Waals surface area contributed by atoms with Crippen molar-refractivity contribution < 1.29 is 14.7 Å². The number of anilines is 1. The van der Waals surface area contributed by atoms with Crippen LogP contribution < -0.4 is 5.32 Å². The highest BCUT2D eigenvalue weighted by Gasteiger charge is 2.14. The van der Waals surface area contributed by atoms with Gasteiger partial charge in [-0.2, -0.15) is 0 Å². The number of thiophene rings is 1. The van der Waals surface area contributed by atoms with E-state index in [0.717, 1.165) is 9.75 Å². The Hall–Kier alpha value is -2.41. The topological polar surface area (TPSA) is 82.5 Å². The second-order valence-corrected chi connectivity index (χ2v) is 6.09. The molecule has 116 valence electrons. The summed E-state index contributed by atoms with van der Waals surface area (Å²) in [4.78, 5) is 30.5. The highest BCUT2D eigenvalue weighted by molar-refractivity contribution is 7.15. The number of urea groups is 1. The zero-order valence-corrected chi connectivity index (χ0v) is 13.2. The number of hydrogen-bond donors (Lipinski definition) is 2. The molecule has 0 radical (unpaired) electrons. The minimum Gasteiger partial charge on any atom is -0.481 e. The van der Waals surface area contributed by atoms with E-state index < -0.39 is 5.97 Å². The van der Waals surface area contributed by atoms with Crippen molar-refractivity contribution in [3.63, 3.8) is 0 Å². The van der Waals surface area contributed by atoms with Crippen molar-refractivity contribution in [2.75, 3.05) is 18.9 Å². The second kappa shape index (κ2) is 7.04. The van der Waals surface area contributed by atoms with E-state index in [1.807, 2.05) is 19.1 Å². The summed E-state index contributed by atoms with van der Waals surface area (Å²) in [5, 5.41) is 11.4. The van der Waals surface area contributed by atoms with Crippen molar-refractivity contribution in [1.29, 1.82) is 0 Å². The van der Waals surface area contributed by atoms with Gasteiger partial charge in [-0.15, -0.1) is 11.3 Å². The van der Waals surface area contributed by atoms with Crippen molar-refractivity contribution in [3.05, 3.63) is 35.3 Å². The molecule has 2 amide bonds. The smallest absolute Gasteiger partial charge is 0.321 e. The normalized spacial score (nSPS) is 10.3. The monoisotopic (exact) mass is 319 g/mol. The maximum absolute atomic E-state index is 12.1. The molecule has 0 spiro atoms. The zero-order chi connectivity index (χ0) is 16.1. The molecule has 0 aliphatic carbocycles. The van der Waals surface area contributed by atoms with Gasteiger partial charge in [0.2, 0.25) is 0 Å². The molecule has 0 bridgehead atoms. The highest BCUT2D eigenvalue weighted by atomic mass is 32.1. The number of aliphatic carboxylic acids is 1. The molecule has 0 aliphatic rings. The highest BCUT2D eigenvalue weighted by Crippen LogP contribution is 2.31. The molecule has 2 aromatic rings. The van der Waals surface area contributed by atoms with Crippen LogP contribution in [0, 0.1) is 6.92 Å². The average Bonchev–Trinajstić information content (AvgIpc) is 2.91. The Morgan fingerprint density at radius 2 is 2.14 bits per heavy atom. The molecule has 0 aromatic carbocycles. The van der Waals surface area contributed by atoms with E-state index in [1.54, 1.807) is 36.7 Å². The van der Waals surface area contributed by atoms with E-state index in [9.17, 15) is 9.59 Å². The van der Waals surface area contributed by atoms with Crippen LogP contribution in [0.3, 0.4) is 0 Å². The van der Waals surface area contributed by atoms with Gasteiger partial charge in [0.1, 0.15) is 5.69 Å². The lowest BCUT2D eigenvalue weighted by Crippen LogP contribution is -2.33. The lowest BCUT2D eigenvalue weighted by molar-refractivity contribution is -0.137. The summed E-state index contributed by atoms with van der Waals surface area (Å²) in [6.45, 7) is 2.16. The molecular weight excluding hydrogens is 302 g/mol. The van der Waals surface area contributed by atoms with Gasteiger partial charge in [0.25, 0.3) is 0 Å². The Kier molecular flexibility index (Phi) is 5.11. The fourth-order valence-electron chi connectivity index (χ4n) is 1.84. The van der Waals surface area contributed by atoms with Gasteiger partial charge in [-0.3, -0.25) is 9.78 Å². The van der Waals surface area contributed by atoms with Gasteiger partial charge in [-0.25, -0.2) is 4.79 Å². The molecule has 0 saturated heterocycles. The first-order valence-corrected chi connectivity index (χ1v) is 7.55. The van der Waals surface area contributed by atoms with Crippen LogP contribution in [-0.4, -0.2) is 40.6 Å². The van der Waals surface area contributed by atoms with Gasteiger partial charge in [0.05, 0.1) is 17.0 Å². The van der Waals surface area contributed by atoms with Crippen LogP contribution in [-0.2, 0) is 4.79 Å². The molecule has 6 nitrogen and oxygen atoms in total. The van der Waals surface area contributed by atoms with E-state index in [4.69, 9.17) is 5.11 Å². The third kappa shape index (κ3) is 4.05. The summed E-state index contributed by atoms with van der Waals surface area (Å²) >= 11 is 1.60. The Balaban J connectivity index is 2.13. The summed E-state index contributed by atoms with van der Waals surface area (Å²) in [6, 6.07) is 7.13. The molecule has 2 aromatic heterocycles. The number of carbonyl (C=O) groups excluding carboxylic acids is 1. The van der Waals surface area contributed by atoms with Gasteiger partial charge in [-0.05, 0) is 31.2 Å². The summed E-state index contributed by atoms with van der Waals surface area (Å²) in [6.07, 6.45) is 1.59. The number of carbonyl (C=O) groups is 2. The van der Waals surface area contributed by atoms with Crippen LogP contribution in [0.15, 0.2) is 30.5 Å². The maximum atomic E-state index is 12.1. The lowest BCUT2D eigenvalue weighted by atomic mass is 10.2. The molecule has 0 unspecified atom stereocenters. The number of rotatable bonds is 5. The van der Waals surface area contributed by atoms with Crippen molar-refractivity contribution in [3.8, 4) is 10.6 Å². The zero-order valence-electron chi connectivity index (χ0n) is 12.4. The molecule has 7 heteroatoms. The van der Waals surface area contributed by atoms with Crippen LogP contribution >= 0.6 is 11.3 Å². The Labute approximate surface area is 132 Å². The van der Waals surface area contributed by atoms with Crippen LogP contribution in [0.2, 0.25) is 0 Å². The fourth-order valence-corrected chi connectivity index (χ4v) is 2.72. The minimum absolute atomic E-state index is 0.0893. The van der Waals surface area contributed by atoms with Gasteiger partial charge in [0, 0.05) is 24.7 Å². The third-order valence-electron chi connectivity index (χ3n) is 3.03. The number of nitrogens with zero attached hydrogens (tertiary/aromatic N) is 2. The van der Waals surface area contributed by atoms with E-state index in [1.165, 1.54) is 4.90 Å². The molecule has 0 saturated carbocycles. The molecular formula is C15H17N3O3S. The molecule has 2 rings (SSSR count). The van der Waals surface area contributed by atoms with Crippen molar-refractivity contribution in [2.24, 2.45) is 0 Å². The van der Waals surface area contributed by atoms with Crippen LogP contribution in [0.4, 0.5) is 10.5 Å². The van der Waals surface area contributed by atoms with Gasteiger partial charge >= 0.3 is 12.0 Å². The molecule has 0 atom stereocenters. The lowest BCUT2D eigenvalue weighted by Gasteiger charge is -2.17. The van der Waals surface area contributed by atoms with Crippen molar-refractivity contribution >= 4 is 29.0 Å². The Morgan fingerprint density at radius 1 is 1.36 bits per heavy atom. The average molecular weight is 319 g/mol. The number of carboxylic acid groups (broad SMARTS) is 1. The number of nitrogens with one attached hydrogen (secondary N) is 1. The number of carboxylic acids is 1. The molecule has 0 aliphatic heterocycles. The molecule has 0 fully saturated rings. The molecule has 2 heterocycles. The quantitative estimate of drug-likeness (QED) is 0.887. The maximum Gasteiger partial charge on any atom is 0.321 e. The van der Waals surface area contributed by atoms with Gasteiger partial charge in [-0.1, -0.05) is 0 Å². The number of aryl methyl sites for hydroxylation is 1. The van der Waals surface area contributed by atoms with Crippen LogP contribution in [0.5, 0.6) is 0 Å². The van der Waals surface area contributed by atoms with E-state index in [0.29, 0.717) is 11.4 Å². The van der Waals surface area contributed by atoms with Crippen molar-refractivity contribution in [1.82, 2.24) is 9.88 Å². The largest absolute Gasteiger partial charge is 0.481 e. The summed E-state index contributed by atoms with van der Waals surface area (Å²) < 4.78 is 0. The van der Waals surface area contributed by atoms with Crippen LogP contribution in [0.25, 0.3) is 10.6 Å². The predicted octanol–water partition coefficient (Wildman–Crippen LogP) is 3.06. The molecule has 2 N–H and O–H groups in total. The summed E-state index contributed by atoms with van der Waals surface area (Å²) in [7, 11) is 1.56. The standard InChI is InChI=1S/C15H17N3O3S/c1-10-5-6-12(22-10)14-11(4-3-8-16-14)17-15(21)18(2)9-7-13(19)20/h3-6,8H,7,9H2,1-2H3,(H,17,21)(H,19,20). The number of aromatic nitrogens is 1. The van der Waals surface area contributed by atoms with Gasteiger partial charge < -0.3 is 15.3 Å². The fraction of sp³-hybridized carbons (Fsp3) is 0.267. The third-order valence-corrected chi connectivity index (χ3v) is 4.04. The first-order valence-electron chi connectivity index (χ1n) is 6.73. The van der Waals surface area contributed by atoms with E-state index in [-0.39, 0.29) is 19.0 Å². The summed E-state index contributed by atoms with van der Waals surface area (Å²) in [5.74, 6) is -0.934. The SMILES string of the molecule is Cc1ccc(-c2ncccc2NC(=O)N(C)CCC(=O)O)s1. The first kappa shape index (κ1) is 16.0. The predicted molar refractivity (Wildman–Crippen MR) is 86.2 cm³/mol. The second-order valence-electron chi connectivity index (χ2n) is 4.81.